The lowest BCUT2D eigenvalue weighted by atomic mass is 10.1. The Bertz CT molecular complexity index is 1320. The number of pyridine rings is 1. The van der Waals surface area contributed by atoms with Gasteiger partial charge in [-0.25, -0.2) is 5.01 Å². The molecule has 2 aliphatic heterocycles. The summed E-state index contributed by atoms with van der Waals surface area (Å²) >= 11 is 6.51. The van der Waals surface area contributed by atoms with E-state index in [-0.39, 0.29) is 5.91 Å². The number of hydrazine groups is 1. The summed E-state index contributed by atoms with van der Waals surface area (Å²) in [6, 6.07) is 17.3. The summed E-state index contributed by atoms with van der Waals surface area (Å²) in [6.07, 6.45) is 4.44. The number of hydrogen-bond acceptors (Lipinski definition) is 8. The molecule has 1 aromatic heterocycles. The van der Waals surface area contributed by atoms with E-state index in [0.717, 1.165) is 47.9 Å². The van der Waals surface area contributed by atoms with Crippen molar-refractivity contribution in [2.45, 2.75) is 19.6 Å². The van der Waals surface area contributed by atoms with Crippen LogP contribution in [0.2, 0.25) is 5.02 Å². The lowest BCUT2D eigenvalue weighted by molar-refractivity contribution is -0.130. The minimum atomic E-state index is 0.170. The van der Waals surface area contributed by atoms with Gasteiger partial charge in [0.05, 0.1) is 41.8 Å². The molecule has 204 valence electrons. The van der Waals surface area contributed by atoms with Crippen molar-refractivity contribution in [2.24, 2.45) is 10.9 Å². The maximum Gasteiger partial charge on any atom is 0.236 e. The number of carbonyl (C=O) groups excluding carboxylic acids is 1. The number of amides is 1. The first kappa shape index (κ1) is 26.8. The number of hydrogen-bond donors (Lipinski definition) is 1. The summed E-state index contributed by atoms with van der Waals surface area (Å²) in [7, 11) is 3.83. The predicted octanol–water partition coefficient (Wildman–Crippen LogP) is 4.48. The second-order valence-electron chi connectivity index (χ2n) is 9.99. The van der Waals surface area contributed by atoms with Gasteiger partial charge in [-0.3, -0.25) is 20.2 Å². The van der Waals surface area contributed by atoms with Crippen molar-refractivity contribution in [3.8, 4) is 11.5 Å². The molecule has 0 aliphatic carbocycles. The first-order valence-electron chi connectivity index (χ1n) is 13.0. The van der Waals surface area contributed by atoms with Gasteiger partial charge in [-0.05, 0) is 63.0 Å². The molecule has 0 radical (unpaired) electrons. The fraction of sp³-hybridized carbons (Fsp3) is 0.345. The van der Waals surface area contributed by atoms with Gasteiger partial charge in [-0.2, -0.15) is 0 Å². The molecule has 39 heavy (non-hydrogen) atoms. The number of rotatable bonds is 10. The molecule has 10 heteroatoms. The molecule has 0 spiro atoms. The highest BCUT2D eigenvalue weighted by Crippen LogP contribution is 2.34. The van der Waals surface area contributed by atoms with Crippen molar-refractivity contribution >= 4 is 35.2 Å². The normalized spacial score (nSPS) is 16.4. The molecule has 3 aromatic rings. The highest BCUT2D eigenvalue weighted by molar-refractivity contribution is 6.32. The topological polar surface area (TPSA) is 82.5 Å². The number of halogens is 1. The Morgan fingerprint density at radius 2 is 2.03 bits per heavy atom. The number of aliphatic imine (C=N–C) groups is 1. The first-order chi connectivity index (χ1) is 19.0. The van der Waals surface area contributed by atoms with Gasteiger partial charge in [0.1, 0.15) is 24.4 Å². The Morgan fingerprint density at radius 1 is 1.13 bits per heavy atom. The minimum absolute atomic E-state index is 0.170. The number of carbonyl (C=O) groups is 1. The molecule has 2 aromatic carbocycles. The molecule has 1 N–H and O–H groups in total. The number of likely N-dealkylation sites (N-methyl/N-ethyl adjacent to an activating group) is 1. The Morgan fingerprint density at radius 3 is 2.82 bits per heavy atom. The smallest absolute Gasteiger partial charge is 0.236 e. The zero-order valence-electron chi connectivity index (χ0n) is 22.2. The minimum Gasteiger partial charge on any atom is -0.493 e. The summed E-state index contributed by atoms with van der Waals surface area (Å²) < 4.78 is 12.1. The van der Waals surface area contributed by atoms with Crippen LogP contribution in [-0.4, -0.2) is 67.4 Å². The van der Waals surface area contributed by atoms with Crippen molar-refractivity contribution in [1.29, 1.82) is 0 Å². The Kier molecular flexibility index (Phi) is 8.48. The Hall–Kier alpha value is -3.82. The van der Waals surface area contributed by atoms with Crippen LogP contribution in [-0.2, 0) is 17.9 Å². The quantitative estimate of drug-likeness (QED) is 0.400. The molecular formula is C29H33ClN6O3. The zero-order valence-corrected chi connectivity index (χ0v) is 23.0. The molecule has 5 rings (SSSR count). The monoisotopic (exact) mass is 548 g/mol. The highest BCUT2D eigenvalue weighted by atomic mass is 35.5. The van der Waals surface area contributed by atoms with Crippen molar-refractivity contribution in [2.75, 3.05) is 50.8 Å². The standard InChI is InChI=1S/C29H33ClN6O3/c1-34(2)17-29(37)35-13-11-21(16-35)18-38-27-8-5-7-26-24(27)15-31-20-36(26)33-22-9-10-28(25(30)14-22)39-19-23-6-3-4-12-32-23/h3-10,12,14,20-21,33H,11,13,15-19H2,1-2H3/t21-/m1/s1. The van der Waals surface area contributed by atoms with Gasteiger partial charge in [0, 0.05) is 30.8 Å². The third-order valence-corrected chi connectivity index (χ3v) is 6.96. The lowest BCUT2D eigenvalue weighted by Gasteiger charge is -2.28. The van der Waals surface area contributed by atoms with Crippen LogP contribution in [0.25, 0.3) is 0 Å². The second-order valence-corrected chi connectivity index (χ2v) is 10.4. The van der Waals surface area contributed by atoms with Crippen molar-refractivity contribution in [1.82, 2.24) is 14.8 Å². The van der Waals surface area contributed by atoms with Crippen LogP contribution in [0.5, 0.6) is 11.5 Å². The van der Waals surface area contributed by atoms with Crippen LogP contribution in [0.3, 0.4) is 0 Å². The maximum atomic E-state index is 12.4. The fourth-order valence-corrected chi connectivity index (χ4v) is 4.91. The van der Waals surface area contributed by atoms with E-state index in [1.165, 1.54) is 0 Å². The van der Waals surface area contributed by atoms with E-state index in [1.807, 2.05) is 83.5 Å². The van der Waals surface area contributed by atoms with Crippen molar-refractivity contribution < 1.29 is 14.3 Å². The molecule has 0 unspecified atom stereocenters. The van der Waals surface area contributed by atoms with Crippen LogP contribution >= 0.6 is 11.6 Å². The average molecular weight is 549 g/mol. The molecule has 1 saturated heterocycles. The summed E-state index contributed by atoms with van der Waals surface area (Å²) in [5.41, 5.74) is 6.96. The van der Waals surface area contributed by atoms with Crippen LogP contribution in [0.4, 0.5) is 11.4 Å². The Labute approximate surface area is 234 Å². The van der Waals surface area contributed by atoms with E-state index in [2.05, 4.69) is 15.4 Å². The van der Waals surface area contributed by atoms with Crippen LogP contribution in [0, 0.1) is 5.92 Å². The van der Waals surface area contributed by atoms with E-state index in [0.29, 0.717) is 43.0 Å². The predicted molar refractivity (Wildman–Crippen MR) is 153 cm³/mol. The van der Waals surface area contributed by atoms with Gasteiger partial charge in [-0.15, -0.1) is 0 Å². The van der Waals surface area contributed by atoms with Gasteiger partial charge in [0.15, 0.2) is 0 Å². The third-order valence-electron chi connectivity index (χ3n) is 6.66. The lowest BCUT2D eigenvalue weighted by Crippen LogP contribution is -2.36. The maximum absolute atomic E-state index is 12.4. The average Bonchev–Trinajstić information content (AvgIpc) is 3.41. The molecular weight excluding hydrogens is 516 g/mol. The molecule has 1 fully saturated rings. The summed E-state index contributed by atoms with van der Waals surface area (Å²) in [5.74, 6) is 1.88. The summed E-state index contributed by atoms with van der Waals surface area (Å²) in [6.45, 7) is 3.39. The molecule has 1 atom stereocenters. The number of benzene rings is 2. The molecule has 0 bridgehead atoms. The van der Waals surface area contributed by atoms with E-state index >= 15 is 0 Å². The van der Waals surface area contributed by atoms with Crippen molar-refractivity contribution in [3.63, 3.8) is 0 Å². The SMILES string of the molecule is CN(C)CC(=O)N1CC[C@@H](COc2cccc3c2CN=CN3Nc2ccc(OCc3ccccn3)c(Cl)c2)C1. The van der Waals surface area contributed by atoms with E-state index in [1.54, 1.807) is 12.5 Å². The van der Waals surface area contributed by atoms with Gasteiger partial charge in [0.2, 0.25) is 5.91 Å². The Balaban J connectivity index is 1.20. The number of fused-ring (bicyclic) bond motifs is 1. The number of nitrogens with zero attached hydrogens (tertiary/aromatic N) is 5. The molecule has 9 nitrogen and oxygen atoms in total. The van der Waals surface area contributed by atoms with Crippen LogP contribution in [0.1, 0.15) is 17.7 Å². The number of aromatic nitrogens is 1. The van der Waals surface area contributed by atoms with Gasteiger partial charge >= 0.3 is 0 Å². The van der Waals surface area contributed by atoms with Crippen molar-refractivity contribution in [3.05, 3.63) is 77.1 Å². The molecule has 0 saturated carbocycles. The fourth-order valence-electron chi connectivity index (χ4n) is 4.67. The largest absolute Gasteiger partial charge is 0.493 e. The molecule has 2 aliphatic rings. The molecule has 1 amide bonds. The number of anilines is 2. The second kappa shape index (κ2) is 12.4. The summed E-state index contributed by atoms with van der Waals surface area (Å²) in [5, 5.41) is 2.36. The van der Waals surface area contributed by atoms with E-state index in [9.17, 15) is 4.79 Å². The van der Waals surface area contributed by atoms with Gasteiger partial charge in [-0.1, -0.05) is 23.7 Å². The highest BCUT2D eigenvalue weighted by Gasteiger charge is 2.27. The number of nitrogens with one attached hydrogen (secondary N) is 1. The van der Waals surface area contributed by atoms with E-state index in [4.69, 9.17) is 21.1 Å². The number of ether oxygens (including phenoxy) is 2. The molecule has 3 heterocycles. The summed E-state index contributed by atoms with van der Waals surface area (Å²) in [4.78, 5) is 25.0. The zero-order chi connectivity index (χ0) is 27.2. The van der Waals surface area contributed by atoms with Crippen LogP contribution in [0.15, 0.2) is 65.8 Å². The first-order valence-corrected chi connectivity index (χ1v) is 13.4. The van der Waals surface area contributed by atoms with Crippen LogP contribution < -0.4 is 19.9 Å². The van der Waals surface area contributed by atoms with Gasteiger partial charge < -0.3 is 19.3 Å². The van der Waals surface area contributed by atoms with E-state index < -0.39 is 0 Å². The third kappa shape index (κ3) is 6.79. The van der Waals surface area contributed by atoms with Gasteiger partial charge in [0.25, 0.3) is 0 Å². The number of likely N-dealkylation sites (tertiary alicyclic amines) is 1.